The summed E-state index contributed by atoms with van der Waals surface area (Å²) in [6, 6.07) is 18.6. The smallest absolute Gasteiger partial charge is 0.0406 e. The van der Waals surface area contributed by atoms with Crippen LogP contribution in [0.1, 0.15) is 38.9 Å². The van der Waals surface area contributed by atoms with E-state index in [1.807, 2.05) is 24.3 Å². The molecule has 0 aliphatic heterocycles. The lowest BCUT2D eigenvalue weighted by molar-refractivity contribution is 1.05. The standard InChI is InChI=1S/C23H22Cl2/c1-15-12-16(2)23(14-19-6-10-21(25)11-7-19)17(3)22(15)13-18-4-8-20(24)9-5-18/h4-12H,13-14H2,1-3H3. The molecule has 0 aliphatic carbocycles. The minimum Gasteiger partial charge on any atom is -0.0843 e. The lowest BCUT2D eigenvalue weighted by Gasteiger charge is -2.18. The molecule has 128 valence electrons. The summed E-state index contributed by atoms with van der Waals surface area (Å²) in [6.07, 6.45) is 1.87. The molecule has 3 rings (SSSR count). The summed E-state index contributed by atoms with van der Waals surface area (Å²) in [7, 11) is 0. The summed E-state index contributed by atoms with van der Waals surface area (Å²) in [5.74, 6) is 0. The van der Waals surface area contributed by atoms with E-state index >= 15 is 0 Å². The molecule has 0 unspecified atom stereocenters. The number of aryl methyl sites for hydroxylation is 2. The molecule has 0 saturated carbocycles. The fourth-order valence-electron chi connectivity index (χ4n) is 3.43. The number of halogens is 2. The molecule has 0 heterocycles. The zero-order chi connectivity index (χ0) is 18.0. The molecule has 0 aromatic heterocycles. The minimum atomic E-state index is 0.782. The first kappa shape index (κ1) is 18.0. The SMILES string of the molecule is Cc1cc(C)c(Cc2ccc(Cl)cc2)c(C)c1Cc1ccc(Cl)cc1. The van der Waals surface area contributed by atoms with Crippen LogP contribution in [0.25, 0.3) is 0 Å². The highest BCUT2D eigenvalue weighted by Gasteiger charge is 2.12. The maximum Gasteiger partial charge on any atom is 0.0406 e. The van der Waals surface area contributed by atoms with Crippen LogP contribution in [0.3, 0.4) is 0 Å². The lowest BCUT2D eigenvalue weighted by atomic mass is 9.87. The molecule has 3 aromatic carbocycles. The molecule has 0 nitrogen and oxygen atoms in total. The molecule has 3 aromatic rings. The van der Waals surface area contributed by atoms with E-state index in [4.69, 9.17) is 23.2 Å². The van der Waals surface area contributed by atoms with Gasteiger partial charge in [-0.2, -0.15) is 0 Å². The zero-order valence-corrected chi connectivity index (χ0v) is 16.4. The van der Waals surface area contributed by atoms with E-state index in [0.717, 1.165) is 22.9 Å². The van der Waals surface area contributed by atoms with Gasteiger partial charge in [-0.1, -0.05) is 53.5 Å². The van der Waals surface area contributed by atoms with Crippen molar-refractivity contribution in [1.82, 2.24) is 0 Å². The number of hydrogen-bond acceptors (Lipinski definition) is 0. The van der Waals surface area contributed by atoms with Crippen molar-refractivity contribution in [2.75, 3.05) is 0 Å². The van der Waals surface area contributed by atoms with Crippen LogP contribution >= 0.6 is 23.2 Å². The van der Waals surface area contributed by atoms with Gasteiger partial charge in [0.1, 0.15) is 0 Å². The zero-order valence-electron chi connectivity index (χ0n) is 14.9. The van der Waals surface area contributed by atoms with Gasteiger partial charge in [-0.15, -0.1) is 0 Å². The Morgan fingerprint density at radius 3 is 1.32 bits per heavy atom. The predicted molar refractivity (Wildman–Crippen MR) is 109 cm³/mol. The summed E-state index contributed by atoms with van der Waals surface area (Å²) < 4.78 is 0. The Bertz CT molecular complexity index is 804. The summed E-state index contributed by atoms with van der Waals surface area (Å²) in [5.41, 5.74) is 9.50. The summed E-state index contributed by atoms with van der Waals surface area (Å²) in [4.78, 5) is 0. The monoisotopic (exact) mass is 368 g/mol. The molecule has 0 N–H and O–H groups in total. The van der Waals surface area contributed by atoms with Crippen molar-refractivity contribution in [2.45, 2.75) is 33.6 Å². The summed E-state index contributed by atoms with van der Waals surface area (Å²) >= 11 is 12.0. The van der Waals surface area contributed by atoms with Crippen molar-refractivity contribution < 1.29 is 0 Å². The van der Waals surface area contributed by atoms with E-state index in [2.05, 4.69) is 51.1 Å². The van der Waals surface area contributed by atoms with Crippen LogP contribution < -0.4 is 0 Å². The third-order valence-electron chi connectivity index (χ3n) is 4.88. The molecular formula is C23H22Cl2. The van der Waals surface area contributed by atoms with Gasteiger partial charge in [0.25, 0.3) is 0 Å². The number of hydrogen-bond donors (Lipinski definition) is 0. The van der Waals surface area contributed by atoms with Gasteiger partial charge >= 0.3 is 0 Å². The fraction of sp³-hybridized carbons (Fsp3) is 0.217. The van der Waals surface area contributed by atoms with Gasteiger partial charge in [-0.3, -0.25) is 0 Å². The molecule has 0 atom stereocenters. The van der Waals surface area contributed by atoms with Gasteiger partial charge in [0, 0.05) is 10.0 Å². The van der Waals surface area contributed by atoms with E-state index < -0.39 is 0 Å². The number of benzene rings is 3. The van der Waals surface area contributed by atoms with E-state index in [0.29, 0.717) is 0 Å². The highest BCUT2D eigenvalue weighted by Crippen LogP contribution is 2.27. The van der Waals surface area contributed by atoms with Gasteiger partial charge < -0.3 is 0 Å². The Hall–Kier alpha value is -1.76. The second kappa shape index (κ2) is 7.64. The van der Waals surface area contributed by atoms with Crippen LogP contribution in [0.2, 0.25) is 10.0 Å². The highest BCUT2D eigenvalue weighted by molar-refractivity contribution is 6.30. The Balaban J connectivity index is 1.96. The van der Waals surface area contributed by atoms with Crippen molar-refractivity contribution in [1.29, 1.82) is 0 Å². The first-order chi connectivity index (χ1) is 11.9. The van der Waals surface area contributed by atoms with Gasteiger partial charge in [-0.05, 0) is 96.8 Å². The van der Waals surface area contributed by atoms with Crippen molar-refractivity contribution in [2.24, 2.45) is 0 Å². The first-order valence-electron chi connectivity index (χ1n) is 8.51. The maximum absolute atomic E-state index is 6.02. The van der Waals surface area contributed by atoms with Crippen molar-refractivity contribution in [3.05, 3.63) is 104 Å². The van der Waals surface area contributed by atoms with E-state index in [-0.39, 0.29) is 0 Å². The normalized spacial score (nSPS) is 10.9. The first-order valence-corrected chi connectivity index (χ1v) is 9.27. The van der Waals surface area contributed by atoms with Gasteiger partial charge in [0.05, 0.1) is 0 Å². The third-order valence-corrected chi connectivity index (χ3v) is 5.38. The molecule has 2 heteroatoms. The van der Waals surface area contributed by atoms with Crippen LogP contribution in [0.15, 0.2) is 54.6 Å². The second-order valence-electron chi connectivity index (χ2n) is 6.70. The van der Waals surface area contributed by atoms with Crippen LogP contribution in [0.5, 0.6) is 0 Å². The molecule has 0 bridgehead atoms. The molecule has 0 saturated heterocycles. The quantitative estimate of drug-likeness (QED) is 0.460. The van der Waals surface area contributed by atoms with E-state index in [1.165, 1.54) is 38.9 Å². The topological polar surface area (TPSA) is 0 Å². The average Bonchev–Trinajstić information content (AvgIpc) is 2.59. The van der Waals surface area contributed by atoms with Gasteiger partial charge in [0.2, 0.25) is 0 Å². The largest absolute Gasteiger partial charge is 0.0843 e. The second-order valence-corrected chi connectivity index (χ2v) is 7.57. The third kappa shape index (κ3) is 4.26. The average molecular weight is 369 g/mol. The van der Waals surface area contributed by atoms with E-state index in [9.17, 15) is 0 Å². The minimum absolute atomic E-state index is 0.782. The molecular weight excluding hydrogens is 347 g/mol. The van der Waals surface area contributed by atoms with Crippen molar-refractivity contribution in [3.63, 3.8) is 0 Å². The summed E-state index contributed by atoms with van der Waals surface area (Å²) in [5, 5.41) is 1.56. The maximum atomic E-state index is 6.02. The lowest BCUT2D eigenvalue weighted by Crippen LogP contribution is -2.04. The van der Waals surface area contributed by atoms with Crippen LogP contribution in [-0.2, 0) is 12.8 Å². The Morgan fingerprint density at radius 1 is 0.600 bits per heavy atom. The molecule has 0 aliphatic rings. The Morgan fingerprint density at radius 2 is 0.960 bits per heavy atom. The van der Waals surface area contributed by atoms with Crippen LogP contribution in [0.4, 0.5) is 0 Å². The van der Waals surface area contributed by atoms with Gasteiger partial charge in [-0.25, -0.2) is 0 Å². The fourth-order valence-corrected chi connectivity index (χ4v) is 3.68. The Kier molecular flexibility index (Phi) is 5.51. The van der Waals surface area contributed by atoms with Crippen LogP contribution in [0, 0.1) is 20.8 Å². The van der Waals surface area contributed by atoms with Crippen LogP contribution in [-0.4, -0.2) is 0 Å². The molecule has 0 radical (unpaired) electrons. The molecule has 0 amide bonds. The van der Waals surface area contributed by atoms with Crippen molar-refractivity contribution in [3.8, 4) is 0 Å². The molecule has 0 spiro atoms. The summed E-state index contributed by atoms with van der Waals surface area (Å²) in [6.45, 7) is 6.66. The highest BCUT2D eigenvalue weighted by atomic mass is 35.5. The predicted octanol–water partition coefficient (Wildman–Crippen LogP) is 7.10. The Labute approximate surface area is 160 Å². The van der Waals surface area contributed by atoms with Gasteiger partial charge in [0.15, 0.2) is 0 Å². The molecule has 0 fully saturated rings. The number of rotatable bonds is 4. The van der Waals surface area contributed by atoms with Crippen molar-refractivity contribution >= 4 is 23.2 Å². The molecule has 25 heavy (non-hydrogen) atoms. The van der Waals surface area contributed by atoms with E-state index in [1.54, 1.807) is 0 Å².